The van der Waals surface area contributed by atoms with Crippen molar-refractivity contribution >= 4 is 10.9 Å². The molecule has 1 aromatic heterocycles. The molecule has 0 unspecified atom stereocenters. The fourth-order valence-electron chi connectivity index (χ4n) is 2.60. The summed E-state index contributed by atoms with van der Waals surface area (Å²) in [7, 11) is 0. The summed E-state index contributed by atoms with van der Waals surface area (Å²) in [6.45, 7) is 4.83. The van der Waals surface area contributed by atoms with Crippen LogP contribution in [0.15, 0.2) is 47.3 Å². The molecule has 0 radical (unpaired) electrons. The zero-order chi connectivity index (χ0) is 16.9. The number of aromatic nitrogens is 2. The Hall–Kier alpha value is -2.82. The van der Waals surface area contributed by atoms with Crippen LogP contribution in [0.3, 0.4) is 0 Å². The SMILES string of the molecule is CCOc1cc2nc(Cc3ccccc3)[nH]c(=O)c2cc1OCC. The van der Waals surface area contributed by atoms with E-state index in [0.29, 0.717) is 47.9 Å². The lowest BCUT2D eigenvalue weighted by Gasteiger charge is -2.12. The van der Waals surface area contributed by atoms with Crippen molar-refractivity contribution in [2.24, 2.45) is 0 Å². The molecule has 0 saturated carbocycles. The predicted molar refractivity (Wildman–Crippen MR) is 93.9 cm³/mol. The quantitative estimate of drug-likeness (QED) is 0.755. The second-order valence-electron chi connectivity index (χ2n) is 5.36. The summed E-state index contributed by atoms with van der Waals surface area (Å²) in [6.07, 6.45) is 0.573. The molecule has 0 bridgehead atoms. The molecule has 0 spiro atoms. The zero-order valence-corrected chi connectivity index (χ0v) is 13.8. The Labute approximate surface area is 140 Å². The Morgan fingerprint density at radius 2 is 1.67 bits per heavy atom. The third kappa shape index (κ3) is 3.40. The van der Waals surface area contributed by atoms with Crippen LogP contribution in [0.25, 0.3) is 10.9 Å². The minimum Gasteiger partial charge on any atom is -0.490 e. The van der Waals surface area contributed by atoms with Gasteiger partial charge in [0.15, 0.2) is 11.5 Å². The van der Waals surface area contributed by atoms with Gasteiger partial charge in [0.25, 0.3) is 5.56 Å². The Bertz CT molecular complexity index is 888. The molecule has 1 N–H and O–H groups in total. The van der Waals surface area contributed by atoms with Gasteiger partial charge < -0.3 is 14.5 Å². The van der Waals surface area contributed by atoms with Gasteiger partial charge in [-0.25, -0.2) is 4.98 Å². The molecule has 3 aromatic rings. The summed E-state index contributed by atoms with van der Waals surface area (Å²) < 4.78 is 11.2. The van der Waals surface area contributed by atoms with Crippen molar-refractivity contribution < 1.29 is 9.47 Å². The van der Waals surface area contributed by atoms with E-state index < -0.39 is 0 Å². The van der Waals surface area contributed by atoms with Crippen molar-refractivity contribution in [3.8, 4) is 11.5 Å². The maximum absolute atomic E-state index is 12.4. The first kappa shape index (κ1) is 16.1. The number of rotatable bonds is 6. The Balaban J connectivity index is 2.06. The Kier molecular flexibility index (Phi) is 4.79. The number of aromatic amines is 1. The lowest BCUT2D eigenvalue weighted by molar-refractivity contribution is 0.288. The third-order valence-corrected chi connectivity index (χ3v) is 3.63. The van der Waals surface area contributed by atoms with Crippen molar-refractivity contribution in [1.82, 2.24) is 9.97 Å². The van der Waals surface area contributed by atoms with E-state index in [1.165, 1.54) is 0 Å². The highest BCUT2D eigenvalue weighted by Crippen LogP contribution is 2.30. The molecule has 0 atom stereocenters. The number of H-pyrrole nitrogens is 1. The summed E-state index contributed by atoms with van der Waals surface area (Å²) in [5.41, 5.74) is 1.53. The lowest BCUT2D eigenvalue weighted by Crippen LogP contribution is -2.13. The molecule has 0 saturated heterocycles. The van der Waals surface area contributed by atoms with Crippen LogP contribution in [0.1, 0.15) is 25.2 Å². The molecular formula is C19H20N2O3. The lowest BCUT2D eigenvalue weighted by atomic mass is 10.1. The fourth-order valence-corrected chi connectivity index (χ4v) is 2.60. The van der Waals surface area contributed by atoms with Gasteiger partial charge in [-0.2, -0.15) is 0 Å². The van der Waals surface area contributed by atoms with Crippen LogP contribution in [0.5, 0.6) is 11.5 Å². The van der Waals surface area contributed by atoms with Gasteiger partial charge in [0, 0.05) is 12.5 Å². The molecular weight excluding hydrogens is 304 g/mol. The summed E-state index contributed by atoms with van der Waals surface area (Å²) in [6, 6.07) is 13.4. The van der Waals surface area contributed by atoms with Crippen molar-refractivity contribution in [2.75, 3.05) is 13.2 Å². The highest BCUT2D eigenvalue weighted by atomic mass is 16.5. The van der Waals surface area contributed by atoms with E-state index >= 15 is 0 Å². The van der Waals surface area contributed by atoms with E-state index in [-0.39, 0.29) is 5.56 Å². The standard InChI is InChI=1S/C19H20N2O3/c1-3-23-16-11-14-15(12-17(16)24-4-2)20-18(21-19(14)22)10-13-8-6-5-7-9-13/h5-9,11-12H,3-4,10H2,1-2H3,(H,20,21,22). The molecule has 0 aliphatic rings. The van der Waals surface area contributed by atoms with Gasteiger partial charge in [0.2, 0.25) is 0 Å². The van der Waals surface area contributed by atoms with Gasteiger partial charge in [-0.15, -0.1) is 0 Å². The second-order valence-corrected chi connectivity index (χ2v) is 5.36. The highest BCUT2D eigenvalue weighted by Gasteiger charge is 2.12. The number of hydrogen-bond donors (Lipinski definition) is 1. The second kappa shape index (κ2) is 7.17. The maximum atomic E-state index is 12.4. The van der Waals surface area contributed by atoms with E-state index in [1.807, 2.05) is 44.2 Å². The number of benzene rings is 2. The number of nitrogens with zero attached hydrogens (tertiary/aromatic N) is 1. The van der Waals surface area contributed by atoms with Gasteiger partial charge in [-0.1, -0.05) is 30.3 Å². The van der Waals surface area contributed by atoms with Crippen LogP contribution in [-0.4, -0.2) is 23.2 Å². The number of fused-ring (bicyclic) bond motifs is 1. The van der Waals surface area contributed by atoms with Gasteiger partial charge in [0.1, 0.15) is 5.82 Å². The molecule has 5 heteroatoms. The van der Waals surface area contributed by atoms with E-state index in [1.54, 1.807) is 12.1 Å². The Morgan fingerprint density at radius 1 is 1.00 bits per heavy atom. The van der Waals surface area contributed by atoms with E-state index in [2.05, 4.69) is 9.97 Å². The molecule has 0 aliphatic heterocycles. The van der Waals surface area contributed by atoms with Crippen LogP contribution in [0.4, 0.5) is 0 Å². The van der Waals surface area contributed by atoms with Crippen LogP contribution in [0, 0.1) is 0 Å². The van der Waals surface area contributed by atoms with Gasteiger partial charge in [0.05, 0.1) is 24.1 Å². The molecule has 1 heterocycles. The summed E-state index contributed by atoms with van der Waals surface area (Å²) in [4.78, 5) is 19.9. The molecule has 5 nitrogen and oxygen atoms in total. The molecule has 0 aliphatic carbocycles. The molecule has 0 fully saturated rings. The molecule has 124 valence electrons. The Morgan fingerprint density at radius 3 is 2.33 bits per heavy atom. The first-order valence-corrected chi connectivity index (χ1v) is 8.07. The van der Waals surface area contributed by atoms with Gasteiger partial charge >= 0.3 is 0 Å². The minimum absolute atomic E-state index is 0.171. The van der Waals surface area contributed by atoms with Crippen molar-refractivity contribution in [3.05, 3.63) is 64.2 Å². The van der Waals surface area contributed by atoms with Crippen molar-refractivity contribution in [1.29, 1.82) is 0 Å². The normalized spacial score (nSPS) is 10.8. The summed E-state index contributed by atoms with van der Waals surface area (Å²) in [5.74, 6) is 1.80. The minimum atomic E-state index is -0.171. The molecule has 2 aromatic carbocycles. The van der Waals surface area contributed by atoms with E-state index in [0.717, 1.165) is 5.56 Å². The average molecular weight is 324 g/mol. The first-order chi connectivity index (χ1) is 11.7. The summed E-state index contributed by atoms with van der Waals surface area (Å²) >= 11 is 0. The van der Waals surface area contributed by atoms with Crippen molar-refractivity contribution in [2.45, 2.75) is 20.3 Å². The largest absolute Gasteiger partial charge is 0.490 e. The third-order valence-electron chi connectivity index (χ3n) is 3.63. The monoisotopic (exact) mass is 324 g/mol. The first-order valence-electron chi connectivity index (χ1n) is 8.07. The molecule has 24 heavy (non-hydrogen) atoms. The molecule has 0 amide bonds. The van der Waals surface area contributed by atoms with Crippen LogP contribution in [0.2, 0.25) is 0 Å². The number of hydrogen-bond acceptors (Lipinski definition) is 4. The van der Waals surface area contributed by atoms with Gasteiger partial charge in [-0.05, 0) is 25.5 Å². The zero-order valence-electron chi connectivity index (χ0n) is 13.8. The highest BCUT2D eigenvalue weighted by molar-refractivity contribution is 5.81. The number of nitrogens with one attached hydrogen (secondary N) is 1. The van der Waals surface area contributed by atoms with Crippen LogP contribution < -0.4 is 15.0 Å². The average Bonchev–Trinajstić information content (AvgIpc) is 2.57. The van der Waals surface area contributed by atoms with Crippen molar-refractivity contribution in [3.63, 3.8) is 0 Å². The van der Waals surface area contributed by atoms with Crippen LogP contribution in [-0.2, 0) is 6.42 Å². The van der Waals surface area contributed by atoms with E-state index in [4.69, 9.17) is 9.47 Å². The summed E-state index contributed by atoms with van der Waals surface area (Å²) in [5, 5.41) is 0.499. The fraction of sp³-hybridized carbons (Fsp3) is 0.263. The van der Waals surface area contributed by atoms with Crippen LogP contribution >= 0.6 is 0 Å². The van der Waals surface area contributed by atoms with E-state index in [9.17, 15) is 4.79 Å². The van der Waals surface area contributed by atoms with Gasteiger partial charge in [-0.3, -0.25) is 4.79 Å². The molecule has 3 rings (SSSR count). The smallest absolute Gasteiger partial charge is 0.258 e. The topological polar surface area (TPSA) is 64.2 Å². The predicted octanol–water partition coefficient (Wildman–Crippen LogP) is 3.31. The number of ether oxygens (including phenoxy) is 2. The maximum Gasteiger partial charge on any atom is 0.258 e.